The van der Waals surface area contributed by atoms with E-state index in [1.165, 1.54) is 12.1 Å². The second-order valence-corrected chi connectivity index (χ2v) is 3.23. The van der Waals surface area contributed by atoms with Gasteiger partial charge in [-0.1, -0.05) is 0 Å². The first-order valence-corrected chi connectivity index (χ1v) is 4.96. The maximum atomic E-state index is 12.9. The van der Waals surface area contributed by atoms with Gasteiger partial charge in [-0.15, -0.1) is 0 Å². The monoisotopic (exact) mass is 227 g/mol. The summed E-state index contributed by atoms with van der Waals surface area (Å²) in [6.07, 6.45) is 0. The molecule has 4 nitrogen and oxygen atoms in total. The van der Waals surface area contributed by atoms with Crippen molar-refractivity contribution in [3.8, 4) is 5.75 Å². The van der Waals surface area contributed by atoms with Crippen LogP contribution < -0.4 is 5.32 Å². The number of hydrogen-bond donors (Lipinski definition) is 2. The minimum Gasteiger partial charge on any atom is -0.508 e. The molecule has 0 atom stereocenters. The molecular weight excluding hydrogens is 213 g/mol. The molecular formula is C11H14FNO3. The lowest BCUT2D eigenvalue weighted by Gasteiger charge is -2.05. The Hall–Kier alpha value is -1.62. The van der Waals surface area contributed by atoms with Crippen LogP contribution in [0.2, 0.25) is 0 Å². The summed E-state index contributed by atoms with van der Waals surface area (Å²) in [5, 5.41) is 11.9. The molecule has 16 heavy (non-hydrogen) atoms. The van der Waals surface area contributed by atoms with Crippen molar-refractivity contribution in [2.45, 2.75) is 13.5 Å². The fraction of sp³-hybridized carbons (Fsp3) is 0.364. The van der Waals surface area contributed by atoms with Crippen LogP contribution in [0.3, 0.4) is 0 Å². The van der Waals surface area contributed by atoms with Gasteiger partial charge in [-0.3, -0.25) is 4.79 Å². The minimum absolute atomic E-state index is 0.0606. The number of ether oxygens (including phenoxy) is 1. The zero-order chi connectivity index (χ0) is 12.0. The highest BCUT2D eigenvalue weighted by Gasteiger charge is 2.02. The quantitative estimate of drug-likeness (QED) is 0.742. The minimum atomic E-state index is -0.507. The van der Waals surface area contributed by atoms with Crippen LogP contribution in [0.4, 0.5) is 4.39 Å². The molecule has 0 bridgehead atoms. The molecule has 5 heteroatoms. The Kier molecular flexibility index (Phi) is 4.72. The molecule has 0 fully saturated rings. The van der Waals surface area contributed by atoms with Crippen molar-refractivity contribution >= 4 is 5.97 Å². The van der Waals surface area contributed by atoms with Crippen LogP contribution in [-0.2, 0) is 16.1 Å². The van der Waals surface area contributed by atoms with E-state index >= 15 is 0 Å². The molecule has 0 spiro atoms. The normalized spacial score (nSPS) is 10.1. The molecule has 0 heterocycles. The Morgan fingerprint density at radius 3 is 2.88 bits per heavy atom. The molecule has 88 valence electrons. The van der Waals surface area contributed by atoms with Crippen molar-refractivity contribution in [2.24, 2.45) is 0 Å². The SMILES string of the molecule is CCOC(=O)CNCc1cc(O)cc(F)c1. The Morgan fingerprint density at radius 1 is 1.50 bits per heavy atom. The average molecular weight is 227 g/mol. The standard InChI is InChI=1S/C11H14FNO3/c1-2-16-11(15)7-13-6-8-3-9(12)5-10(14)4-8/h3-5,13-14H,2,6-7H2,1H3. The van der Waals surface area contributed by atoms with E-state index in [0.29, 0.717) is 18.7 Å². The number of phenols is 1. The van der Waals surface area contributed by atoms with Gasteiger partial charge >= 0.3 is 5.97 Å². The highest BCUT2D eigenvalue weighted by atomic mass is 19.1. The van der Waals surface area contributed by atoms with Crippen LogP contribution in [0.1, 0.15) is 12.5 Å². The Morgan fingerprint density at radius 2 is 2.25 bits per heavy atom. The summed E-state index contributed by atoms with van der Waals surface area (Å²) in [7, 11) is 0. The predicted octanol–water partition coefficient (Wildman–Crippen LogP) is 1.18. The van der Waals surface area contributed by atoms with Crippen molar-refractivity contribution in [3.63, 3.8) is 0 Å². The first-order chi connectivity index (χ1) is 7.61. The molecule has 0 saturated heterocycles. The first kappa shape index (κ1) is 12.4. The van der Waals surface area contributed by atoms with Crippen molar-refractivity contribution in [2.75, 3.05) is 13.2 Å². The summed E-state index contributed by atoms with van der Waals surface area (Å²) in [6.45, 7) is 2.42. The van der Waals surface area contributed by atoms with Gasteiger partial charge in [0.15, 0.2) is 0 Å². The second-order valence-electron chi connectivity index (χ2n) is 3.23. The molecule has 1 aromatic carbocycles. The Labute approximate surface area is 93.0 Å². The van der Waals surface area contributed by atoms with Crippen LogP contribution in [0.25, 0.3) is 0 Å². The van der Waals surface area contributed by atoms with Gasteiger partial charge in [-0.05, 0) is 24.6 Å². The molecule has 1 rings (SSSR count). The van der Waals surface area contributed by atoms with Crippen molar-refractivity contribution < 1.29 is 19.0 Å². The van der Waals surface area contributed by atoms with E-state index in [-0.39, 0.29) is 18.3 Å². The summed E-state index contributed by atoms with van der Waals surface area (Å²) >= 11 is 0. The number of esters is 1. The van der Waals surface area contributed by atoms with E-state index in [1.54, 1.807) is 6.92 Å². The summed E-state index contributed by atoms with van der Waals surface area (Å²) in [5.74, 6) is -0.996. The summed E-state index contributed by atoms with van der Waals surface area (Å²) in [6, 6.07) is 3.74. The van der Waals surface area contributed by atoms with Crippen LogP contribution in [-0.4, -0.2) is 24.2 Å². The number of rotatable bonds is 5. The summed E-state index contributed by atoms with van der Waals surface area (Å²) in [4.78, 5) is 11.0. The first-order valence-electron chi connectivity index (χ1n) is 4.96. The summed E-state index contributed by atoms with van der Waals surface area (Å²) in [5.41, 5.74) is 0.571. The largest absolute Gasteiger partial charge is 0.508 e. The predicted molar refractivity (Wildman–Crippen MR) is 56.4 cm³/mol. The molecule has 0 aromatic heterocycles. The fourth-order valence-electron chi connectivity index (χ4n) is 1.26. The van der Waals surface area contributed by atoms with Crippen molar-refractivity contribution in [1.82, 2.24) is 5.32 Å². The topological polar surface area (TPSA) is 58.6 Å². The van der Waals surface area contributed by atoms with Crippen LogP contribution >= 0.6 is 0 Å². The Bertz CT molecular complexity index is 348. The number of carbonyl (C=O) groups excluding carboxylic acids is 1. The lowest BCUT2D eigenvalue weighted by molar-refractivity contribution is -0.142. The molecule has 0 saturated carbocycles. The number of nitrogens with one attached hydrogen (secondary N) is 1. The summed E-state index contributed by atoms with van der Waals surface area (Å²) < 4.78 is 17.6. The Balaban J connectivity index is 2.40. The number of benzene rings is 1. The van der Waals surface area contributed by atoms with E-state index in [1.807, 2.05) is 0 Å². The number of phenolic OH excluding ortho intramolecular Hbond substituents is 1. The van der Waals surface area contributed by atoms with Crippen molar-refractivity contribution in [1.29, 1.82) is 0 Å². The maximum Gasteiger partial charge on any atom is 0.319 e. The van der Waals surface area contributed by atoms with Gasteiger partial charge in [0.1, 0.15) is 11.6 Å². The third kappa shape index (κ3) is 4.27. The zero-order valence-electron chi connectivity index (χ0n) is 9.00. The molecule has 0 aliphatic carbocycles. The molecule has 0 unspecified atom stereocenters. The lowest BCUT2D eigenvalue weighted by Crippen LogP contribution is -2.24. The fourth-order valence-corrected chi connectivity index (χ4v) is 1.26. The maximum absolute atomic E-state index is 12.9. The molecule has 0 radical (unpaired) electrons. The van der Waals surface area contributed by atoms with Gasteiger partial charge in [0.2, 0.25) is 0 Å². The third-order valence-electron chi connectivity index (χ3n) is 1.85. The van der Waals surface area contributed by atoms with Crippen LogP contribution in [0.15, 0.2) is 18.2 Å². The van der Waals surface area contributed by atoms with Gasteiger partial charge in [-0.2, -0.15) is 0 Å². The van der Waals surface area contributed by atoms with Gasteiger partial charge in [-0.25, -0.2) is 4.39 Å². The number of hydrogen-bond acceptors (Lipinski definition) is 4. The van der Waals surface area contributed by atoms with Gasteiger partial charge in [0.05, 0.1) is 13.2 Å². The molecule has 0 aliphatic rings. The highest BCUT2D eigenvalue weighted by Crippen LogP contribution is 2.14. The second kappa shape index (κ2) is 6.07. The lowest BCUT2D eigenvalue weighted by atomic mass is 10.2. The van der Waals surface area contributed by atoms with Crippen molar-refractivity contribution in [3.05, 3.63) is 29.6 Å². The van der Waals surface area contributed by atoms with E-state index in [9.17, 15) is 9.18 Å². The van der Waals surface area contributed by atoms with Gasteiger partial charge in [0.25, 0.3) is 0 Å². The molecule has 0 aliphatic heterocycles. The van der Waals surface area contributed by atoms with E-state index in [4.69, 9.17) is 9.84 Å². The van der Waals surface area contributed by atoms with Crippen LogP contribution in [0, 0.1) is 5.82 Å². The number of carbonyl (C=O) groups is 1. The zero-order valence-corrected chi connectivity index (χ0v) is 9.00. The van der Waals surface area contributed by atoms with E-state index < -0.39 is 5.82 Å². The van der Waals surface area contributed by atoms with Gasteiger partial charge < -0.3 is 15.2 Å². The molecule has 0 amide bonds. The van der Waals surface area contributed by atoms with Crippen LogP contribution in [0.5, 0.6) is 5.75 Å². The number of halogens is 1. The number of aromatic hydroxyl groups is 1. The molecule has 2 N–H and O–H groups in total. The molecule has 1 aromatic rings. The van der Waals surface area contributed by atoms with E-state index in [2.05, 4.69) is 5.32 Å². The van der Waals surface area contributed by atoms with E-state index in [0.717, 1.165) is 6.07 Å². The third-order valence-corrected chi connectivity index (χ3v) is 1.85. The van der Waals surface area contributed by atoms with Gasteiger partial charge in [0, 0.05) is 12.6 Å². The smallest absolute Gasteiger partial charge is 0.319 e. The highest BCUT2D eigenvalue weighted by molar-refractivity contribution is 5.71. The average Bonchev–Trinajstić information content (AvgIpc) is 2.16.